The number of halogens is 1. The van der Waals surface area contributed by atoms with Gasteiger partial charge in [0, 0.05) is 23.9 Å². The molecule has 1 unspecified atom stereocenters. The summed E-state index contributed by atoms with van der Waals surface area (Å²) < 4.78 is 47.9. The fourth-order valence-electron chi connectivity index (χ4n) is 3.88. The van der Waals surface area contributed by atoms with E-state index in [0.29, 0.717) is 31.8 Å². The molecule has 0 bridgehead atoms. The zero-order valence-corrected chi connectivity index (χ0v) is 19.6. The third kappa shape index (κ3) is 7.27. The van der Waals surface area contributed by atoms with Gasteiger partial charge in [-0.05, 0) is 64.0 Å². The number of piperidine rings is 1. The van der Waals surface area contributed by atoms with Crippen LogP contribution in [0.5, 0.6) is 5.75 Å². The Balaban J connectivity index is 1.46. The fraction of sp³-hybridized carbons (Fsp3) is 0.652. The van der Waals surface area contributed by atoms with Crippen LogP contribution < -0.4 is 14.8 Å². The van der Waals surface area contributed by atoms with Crippen molar-refractivity contribution in [3.8, 4) is 5.75 Å². The molecule has 2 amide bonds. The summed E-state index contributed by atoms with van der Waals surface area (Å²) in [6, 6.07) is 3.62. The number of ether oxygens (including phenoxy) is 1. The van der Waals surface area contributed by atoms with Crippen LogP contribution in [-0.4, -0.2) is 32.4 Å². The van der Waals surface area contributed by atoms with E-state index in [0.717, 1.165) is 44.6 Å². The lowest BCUT2D eigenvalue weighted by Crippen LogP contribution is -2.43. The van der Waals surface area contributed by atoms with Crippen LogP contribution in [0, 0.1) is 17.7 Å². The van der Waals surface area contributed by atoms with Gasteiger partial charge in [0.2, 0.25) is 21.8 Å². The maximum Gasteiger partial charge on any atom is 0.241 e. The number of sulfonamides is 1. The quantitative estimate of drug-likeness (QED) is 0.360. The van der Waals surface area contributed by atoms with Crippen molar-refractivity contribution in [2.75, 3.05) is 6.61 Å². The second-order valence-corrected chi connectivity index (χ2v) is 11.3. The molecule has 1 aliphatic heterocycles. The third-order valence-corrected chi connectivity index (χ3v) is 7.70. The van der Waals surface area contributed by atoms with Gasteiger partial charge in [-0.3, -0.25) is 14.9 Å². The van der Waals surface area contributed by atoms with Crippen LogP contribution in [0.3, 0.4) is 0 Å². The maximum absolute atomic E-state index is 14.0. The Labute approximate surface area is 189 Å². The van der Waals surface area contributed by atoms with Crippen molar-refractivity contribution in [2.45, 2.75) is 82.1 Å². The third-order valence-electron chi connectivity index (χ3n) is 6.00. The molecule has 2 aliphatic rings. The fourth-order valence-corrected chi connectivity index (χ4v) is 5.33. The molecule has 0 spiro atoms. The summed E-state index contributed by atoms with van der Waals surface area (Å²) in [4.78, 5) is 23.0. The average Bonchev–Trinajstić information content (AvgIpc) is 3.52. The minimum atomic E-state index is -3.83. The van der Waals surface area contributed by atoms with Crippen LogP contribution in [-0.2, 0) is 19.6 Å². The Hall–Kier alpha value is -2.00. The number of hydrogen-bond acceptors (Lipinski definition) is 5. The largest absolute Gasteiger partial charge is 0.490 e. The monoisotopic (exact) mass is 468 g/mol. The molecule has 178 valence electrons. The Morgan fingerprint density at radius 1 is 1.16 bits per heavy atom. The lowest BCUT2D eigenvalue weighted by Gasteiger charge is -2.26. The minimum Gasteiger partial charge on any atom is -0.490 e. The molecule has 1 atom stereocenters. The van der Waals surface area contributed by atoms with Crippen molar-refractivity contribution >= 4 is 21.8 Å². The van der Waals surface area contributed by atoms with E-state index in [-0.39, 0.29) is 28.4 Å². The number of nitrogens with one attached hydrogen (secondary N) is 2. The first-order valence-corrected chi connectivity index (χ1v) is 12.8. The van der Waals surface area contributed by atoms with Gasteiger partial charge in [0.25, 0.3) is 0 Å². The van der Waals surface area contributed by atoms with Gasteiger partial charge in [-0.2, -0.15) is 0 Å². The van der Waals surface area contributed by atoms with E-state index in [9.17, 15) is 22.4 Å². The number of benzene rings is 1. The van der Waals surface area contributed by atoms with Gasteiger partial charge in [-0.1, -0.05) is 19.3 Å². The van der Waals surface area contributed by atoms with E-state index in [4.69, 9.17) is 4.74 Å². The highest BCUT2D eigenvalue weighted by Gasteiger charge is 2.28. The van der Waals surface area contributed by atoms with Crippen molar-refractivity contribution in [3.05, 3.63) is 24.0 Å². The molecule has 3 rings (SSSR count). The van der Waals surface area contributed by atoms with Gasteiger partial charge >= 0.3 is 0 Å². The predicted molar refractivity (Wildman–Crippen MR) is 118 cm³/mol. The SMILES string of the molecule is CC(C)(CCCCCC1CCC(=O)NC1=O)NS(=O)(=O)c1ccc(F)c(OCC2CC2)c1. The van der Waals surface area contributed by atoms with E-state index in [1.807, 2.05) is 13.8 Å². The van der Waals surface area contributed by atoms with Gasteiger partial charge in [0.15, 0.2) is 11.6 Å². The number of hydrogen-bond donors (Lipinski definition) is 2. The molecule has 0 radical (unpaired) electrons. The van der Waals surface area contributed by atoms with Crippen molar-refractivity contribution < 1.29 is 27.1 Å². The summed E-state index contributed by atoms with van der Waals surface area (Å²) in [5.74, 6) is -0.682. The first kappa shape index (κ1) is 24.6. The van der Waals surface area contributed by atoms with Crippen LogP contribution in [0.15, 0.2) is 23.1 Å². The second-order valence-electron chi connectivity index (χ2n) is 9.58. The summed E-state index contributed by atoms with van der Waals surface area (Å²) in [6.45, 7) is 4.04. The molecule has 1 aliphatic carbocycles. The predicted octanol–water partition coefficient (Wildman–Crippen LogP) is 3.67. The summed E-state index contributed by atoms with van der Waals surface area (Å²) in [7, 11) is -3.83. The first-order chi connectivity index (χ1) is 15.1. The highest BCUT2D eigenvalue weighted by atomic mass is 32.2. The molecular formula is C23H33FN2O5S. The van der Waals surface area contributed by atoms with Gasteiger partial charge in [-0.25, -0.2) is 17.5 Å². The van der Waals surface area contributed by atoms with Gasteiger partial charge in [-0.15, -0.1) is 0 Å². The minimum absolute atomic E-state index is 0.0179. The lowest BCUT2D eigenvalue weighted by atomic mass is 9.91. The molecule has 7 nitrogen and oxygen atoms in total. The molecule has 2 fully saturated rings. The van der Waals surface area contributed by atoms with E-state index in [2.05, 4.69) is 10.0 Å². The van der Waals surface area contributed by atoms with Gasteiger partial charge < -0.3 is 4.74 Å². The van der Waals surface area contributed by atoms with E-state index < -0.39 is 21.4 Å². The van der Waals surface area contributed by atoms with Gasteiger partial charge in [0.1, 0.15) is 0 Å². The normalized spacial score (nSPS) is 19.7. The van der Waals surface area contributed by atoms with Crippen molar-refractivity contribution in [1.82, 2.24) is 10.0 Å². The zero-order chi connectivity index (χ0) is 23.4. The number of carbonyl (C=O) groups excluding carboxylic acids is 2. The molecule has 2 N–H and O–H groups in total. The maximum atomic E-state index is 14.0. The van der Waals surface area contributed by atoms with E-state index in [1.54, 1.807) is 0 Å². The van der Waals surface area contributed by atoms with Crippen LogP contribution in [0.1, 0.15) is 71.6 Å². The topological polar surface area (TPSA) is 102 Å². The molecule has 0 aromatic heterocycles. The lowest BCUT2D eigenvalue weighted by molar-refractivity contribution is -0.136. The van der Waals surface area contributed by atoms with Crippen LogP contribution in [0.25, 0.3) is 0 Å². The highest BCUT2D eigenvalue weighted by Crippen LogP contribution is 2.31. The molecule has 1 saturated heterocycles. The highest BCUT2D eigenvalue weighted by molar-refractivity contribution is 7.89. The van der Waals surface area contributed by atoms with Crippen molar-refractivity contribution in [3.63, 3.8) is 0 Å². The summed E-state index contributed by atoms with van der Waals surface area (Å²) in [5, 5.41) is 2.37. The number of amides is 2. The molecular weight excluding hydrogens is 435 g/mol. The molecule has 1 aromatic carbocycles. The molecule has 9 heteroatoms. The summed E-state index contributed by atoms with van der Waals surface area (Å²) in [6.07, 6.45) is 6.95. The number of imide groups is 1. The first-order valence-electron chi connectivity index (χ1n) is 11.4. The average molecular weight is 469 g/mol. The second kappa shape index (κ2) is 10.3. The van der Waals surface area contributed by atoms with E-state index in [1.165, 1.54) is 12.1 Å². The van der Waals surface area contributed by atoms with Crippen LogP contribution in [0.4, 0.5) is 4.39 Å². The Morgan fingerprint density at radius 3 is 2.59 bits per heavy atom. The van der Waals surface area contributed by atoms with Gasteiger partial charge in [0.05, 0.1) is 11.5 Å². The Kier molecular flexibility index (Phi) is 7.92. The molecule has 1 heterocycles. The molecule has 1 saturated carbocycles. The standard InChI is InChI=1S/C23H33FN2O5S/c1-23(2,13-5-3-4-6-17-9-12-21(27)25-22(17)28)26-32(29,30)18-10-11-19(24)20(14-18)31-15-16-7-8-16/h10-11,14,16-17,26H,3-9,12-13,15H2,1-2H3,(H,25,27,28). The molecule has 1 aromatic rings. The van der Waals surface area contributed by atoms with Crippen molar-refractivity contribution in [1.29, 1.82) is 0 Å². The zero-order valence-electron chi connectivity index (χ0n) is 18.8. The van der Waals surface area contributed by atoms with Crippen LogP contribution >= 0.6 is 0 Å². The number of rotatable bonds is 12. The Bertz CT molecular complexity index is 944. The Morgan fingerprint density at radius 2 is 1.91 bits per heavy atom. The summed E-state index contributed by atoms with van der Waals surface area (Å²) in [5.41, 5.74) is -0.684. The van der Waals surface area contributed by atoms with Crippen LogP contribution in [0.2, 0.25) is 0 Å². The smallest absolute Gasteiger partial charge is 0.241 e. The molecule has 32 heavy (non-hydrogen) atoms. The summed E-state index contributed by atoms with van der Waals surface area (Å²) >= 11 is 0. The number of unbranched alkanes of at least 4 members (excludes halogenated alkanes) is 2. The van der Waals surface area contributed by atoms with E-state index >= 15 is 0 Å². The van der Waals surface area contributed by atoms with Crippen molar-refractivity contribution in [2.24, 2.45) is 11.8 Å². The number of carbonyl (C=O) groups is 2.